The minimum absolute atomic E-state index is 0.204. The normalized spacial score (nSPS) is 12.3. The Morgan fingerprint density at radius 2 is 2.00 bits per heavy atom. The highest BCUT2D eigenvalue weighted by atomic mass is 16.5. The number of aryl methyl sites for hydroxylation is 3. The van der Waals surface area contributed by atoms with Gasteiger partial charge in [0, 0.05) is 5.69 Å². The van der Waals surface area contributed by atoms with Crippen LogP contribution in [0.1, 0.15) is 43.3 Å². The predicted molar refractivity (Wildman–Crippen MR) is 99.3 cm³/mol. The Balaban J connectivity index is 2.01. The molecule has 0 aliphatic carbocycles. The molecule has 0 aliphatic heterocycles. The van der Waals surface area contributed by atoms with Crippen molar-refractivity contribution in [2.24, 2.45) is 0 Å². The largest absolute Gasteiger partial charge is 0.360 e. The van der Waals surface area contributed by atoms with Gasteiger partial charge in [-0.15, -0.1) is 0 Å². The second kappa shape index (κ2) is 7.11. The molecule has 26 heavy (non-hydrogen) atoms. The lowest BCUT2D eigenvalue weighted by molar-refractivity contribution is -0.119. The molecule has 1 aromatic carbocycles. The zero-order valence-corrected chi connectivity index (χ0v) is 15.4. The van der Waals surface area contributed by atoms with Crippen LogP contribution >= 0.6 is 0 Å². The average molecular weight is 354 g/mol. The summed E-state index contributed by atoms with van der Waals surface area (Å²) < 4.78 is 6.34. The summed E-state index contributed by atoms with van der Waals surface area (Å²) in [7, 11) is 0. The first kappa shape index (κ1) is 17.8. The molecule has 1 atom stereocenters. The summed E-state index contributed by atoms with van der Waals surface area (Å²) in [4.78, 5) is 25.6. The molecular weight excluding hydrogens is 332 g/mol. The summed E-state index contributed by atoms with van der Waals surface area (Å²) in [6.07, 6.45) is 1.23. The Kier molecular flexibility index (Phi) is 4.88. The van der Waals surface area contributed by atoms with E-state index in [0.29, 0.717) is 23.3 Å². The van der Waals surface area contributed by atoms with Gasteiger partial charge in [-0.05, 0) is 38.3 Å². The van der Waals surface area contributed by atoms with E-state index < -0.39 is 11.6 Å². The standard InChI is InChI=1S/C19H22N4O3/c1-5-13-9-7-8-10-14(13)20-18(24)15(6-2)23-19(25)17-16(11(3)21-23)12(4)26-22-17/h7-10,15H,5-6H2,1-4H3,(H,20,24). The Hall–Kier alpha value is -2.96. The summed E-state index contributed by atoms with van der Waals surface area (Å²) >= 11 is 0. The molecule has 0 saturated heterocycles. The summed E-state index contributed by atoms with van der Waals surface area (Å²) in [5, 5.41) is 11.7. The van der Waals surface area contributed by atoms with Crippen molar-refractivity contribution in [3.8, 4) is 0 Å². The first-order chi connectivity index (χ1) is 12.5. The minimum atomic E-state index is -0.729. The lowest BCUT2D eigenvalue weighted by atomic mass is 10.1. The van der Waals surface area contributed by atoms with E-state index in [4.69, 9.17) is 4.52 Å². The third-order valence-corrected chi connectivity index (χ3v) is 4.53. The van der Waals surface area contributed by atoms with E-state index >= 15 is 0 Å². The van der Waals surface area contributed by atoms with Gasteiger partial charge >= 0.3 is 0 Å². The Bertz CT molecular complexity index is 1020. The van der Waals surface area contributed by atoms with Gasteiger partial charge in [-0.3, -0.25) is 9.59 Å². The maximum absolute atomic E-state index is 12.9. The van der Waals surface area contributed by atoms with Crippen LogP contribution in [0, 0.1) is 13.8 Å². The number of carbonyl (C=O) groups excluding carboxylic acids is 1. The number of hydrogen-bond acceptors (Lipinski definition) is 5. The monoisotopic (exact) mass is 354 g/mol. The molecule has 1 unspecified atom stereocenters. The second-order valence-electron chi connectivity index (χ2n) is 6.22. The molecule has 0 spiro atoms. The van der Waals surface area contributed by atoms with Crippen molar-refractivity contribution in [3.05, 3.63) is 51.6 Å². The van der Waals surface area contributed by atoms with Crippen LogP contribution in [0.2, 0.25) is 0 Å². The van der Waals surface area contributed by atoms with Gasteiger partial charge in [0.05, 0.1) is 11.1 Å². The SMILES string of the molecule is CCc1ccccc1NC(=O)C(CC)n1nc(C)c2c(C)onc2c1=O. The van der Waals surface area contributed by atoms with E-state index in [1.54, 1.807) is 13.8 Å². The lowest BCUT2D eigenvalue weighted by Gasteiger charge is -2.18. The van der Waals surface area contributed by atoms with E-state index in [1.807, 2.05) is 38.1 Å². The van der Waals surface area contributed by atoms with Crippen molar-refractivity contribution < 1.29 is 9.32 Å². The van der Waals surface area contributed by atoms with Gasteiger partial charge in [0.25, 0.3) is 5.56 Å². The Labute approximate surface area is 151 Å². The molecule has 7 nitrogen and oxygen atoms in total. The number of amides is 1. The van der Waals surface area contributed by atoms with E-state index in [0.717, 1.165) is 17.7 Å². The number of rotatable bonds is 5. The molecule has 1 N–H and O–H groups in total. The fourth-order valence-corrected chi connectivity index (χ4v) is 3.16. The molecule has 0 saturated carbocycles. The van der Waals surface area contributed by atoms with Crippen molar-refractivity contribution >= 4 is 22.5 Å². The molecule has 7 heteroatoms. The minimum Gasteiger partial charge on any atom is -0.360 e. The average Bonchev–Trinajstić information content (AvgIpc) is 3.03. The quantitative estimate of drug-likeness (QED) is 0.760. The van der Waals surface area contributed by atoms with Crippen LogP contribution in [-0.4, -0.2) is 20.8 Å². The number of carbonyl (C=O) groups is 1. The lowest BCUT2D eigenvalue weighted by Crippen LogP contribution is -2.35. The van der Waals surface area contributed by atoms with Crippen LogP contribution < -0.4 is 10.9 Å². The number of para-hydroxylation sites is 1. The van der Waals surface area contributed by atoms with E-state index in [1.165, 1.54) is 4.68 Å². The number of nitrogens with one attached hydrogen (secondary N) is 1. The highest BCUT2D eigenvalue weighted by Gasteiger charge is 2.25. The van der Waals surface area contributed by atoms with Crippen LogP contribution in [0.3, 0.4) is 0 Å². The van der Waals surface area contributed by atoms with Crippen molar-refractivity contribution in [3.63, 3.8) is 0 Å². The summed E-state index contributed by atoms with van der Waals surface area (Å²) in [6, 6.07) is 6.90. The van der Waals surface area contributed by atoms with Crippen molar-refractivity contribution in [2.45, 2.75) is 46.6 Å². The molecule has 0 radical (unpaired) electrons. The van der Waals surface area contributed by atoms with Crippen LogP contribution in [0.15, 0.2) is 33.6 Å². The first-order valence-electron chi connectivity index (χ1n) is 8.72. The highest BCUT2D eigenvalue weighted by Crippen LogP contribution is 2.21. The van der Waals surface area contributed by atoms with Gasteiger partial charge in [0.1, 0.15) is 11.8 Å². The Morgan fingerprint density at radius 1 is 1.27 bits per heavy atom. The summed E-state index contributed by atoms with van der Waals surface area (Å²) in [5.74, 6) is 0.269. The van der Waals surface area contributed by atoms with Gasteiger partial charge in [-0.2, -0.15) is 5.10 Å². The number of fused-ring (bicyclic) bond motifs is 1. The van der Waals surface area contributed by atoms with Gasteiger partial charge < -0.3 is 9.84 Å². The van der Waals surface area contributed by atoms with Crippen LogP contribution in [-0.2, 0) is 11.2 Å². The molecule has 0 fully saturated rings. The fourth-order valence-electron chi connectivity index (χ4n) is 3.16. The van der Waals surface area contributed by atoms with Gasteiger partial charge in [0.2, 0.25) is 5.91 Å². The maximum atomic E-state index is 12.9. The molecule has 2 heterocycles. The zero-order valence-electron chi connectivity index (χ0n) is 15.4. The van der Waals surface area contributed by atoms with E-state index in [9.17, 15) is 9.59 Å². The van der Waals surface area contributed by atoms with Gasteiger partial charge in [-0.1, -0.05) is 37.2 Å². The number of nitrogens with zero attached hydrogens (tertiary/aromatic N) is 3. The number of anilines is 1. The van der Waals surface area contributed by atoms with Crippen LogP contribution in [0.25, 0.3) is 10.9 Å². The van der Waals surface area contributed by atoms with Crippen LogP contribution in [0.4, 0.5) is 5.69 Å². The molecule has 136 valence electrons. The third-order valence-electron chi connectivity index (χ3n) is 4.53. The summed E-state index contributed by atoms with van der Waals surface area (Å²) in [5.41, 5.74) is 2.18. The third kappa shape index (κ3) is 3.00. The number of hydrogen-bond donors (Lipinski definition) is 1. The molecule has 0 bridgehead atoms. The Morgan fingerprint density at radius 3 is 2.69 bits per heavy atom. The van der Waals surface area contributed by atoms with Crippen molar-refractivity contribution in [1.82, 2.24) is 14.9 Å². The first-order valence-corrected chi connectivity index (χ1v) is 8.72. The summed E-state index contributed by atoms with van der Waals surface area (Å²) in [6.45, 7) is 7.38. The molecular formula is C19H22N4O3. The van der Waals surface area contributed by atoms with Crippen LogP contribution in [0.5, 0.6) is 0 Å². The highest BCUT2D eigenvalue weighted by molar-refractivity contribution is 5.94. The van der Waals surface area contributed by atoms with Crippen molar-refractivity contribution in [1.29, 1.82) is 0 Å². The predicted octanol–water partition coefficient (Wildman–Crippen LogP) is 3.15. The second-order valence-corrected chi connectivity index (χ2v) is 6.22. The molecule has 0 aliphatic rings. The molecule has 2 aromatic heterocycles. The number of aromatic nitrogens is 3. The van der Waals surface area contributed by atoms with E-state index in [2.05, 4.69) is 15.6 Å². The van der Waals surface area contributed by atoms with E-state index in [-0.39, 0.29) is 11.4 Å². The molecule has 1 amide bonds. The fraction of sp³-hybridized carbons (Fsp3) is 0.368. The molecule has 3 aromatic rings. The molecule has 3 rings (SSSR count). The maximum Gasteiger partial charge on any atom is 0.297 e. The van der Waals surface area contributed by atoms with Crippen molar-refractivity contribution in [2.75, 3.05) is 5.32 Å². The topological polar surface area (TPSA) is 90.0 Å². The zero-order chi connectivity index (χ0) is 18.8. The number of benzene rings is 1. The van der Waals surface area contributed by atoms with Gasteiger partial charge in [-0.25, -0.2) is 4.68 Å². The smallest absolute Gasteiger partial charge is 0.297 e. The van der Waals surface area contributed by atoms with Gasteiger partial charge in [0.15, 0.2) is 5.52 Å².